The topological polar surface area (TPSA) is 178 Å². The molecule has 0 atom stereocenters. The van der Waals surface area contributed by atoms with E-state index in [0.29, 0.717) is 34.3 Å². The highest BCUT2D eigenvalue weighted by molar-refractivity contribution is 5.56. The molecule has 158 valence electrons. The predicted octanol–water partition coefficient (Wildman–Crippen LogP) is 2.39. The Morgan fingerprint density at radius 1 is 0.906 bits per heavy atom. The van der Waals surface area contributed by atoms with Gasteiger partial charge in [0.2, 0.25) is 0 Å². The van der Waals surface area contributed by atoms with Crippen molar-refractivity contribution >= 4 is 11.4 Å². The lowest BCUT2D eigenvalue weighted by Crippen LogP contribution is -1.99. The monoisotopic (exact) mass is 428 g/mol. The molecule has 2 N–H and O–H groups in total. The minimum Gasteiger partial charge on any atom is -0.399 e. The van der Waals surface area contributed by atoms with Crippen LogP contribution in [0.3, 0.4) is 0 Å². The normalized spacial score (nSPS) is 9.88. The highest BCUT2D eigenvalue weighted by atomic mass is 16.6. The highest BCUT2D eigenvalue weighted by Gasteiger charge is 2.12. The van der Waals surface area contributed by atoms with Crippen LogP contribution in [0.4, 0.5) is 11.4 Å². The summed E-state index contributed by atoms with van der Waals surface area (Å²) in [5.41, 5.74) is 7.86. The molecule has 4 rings (SSSR count). The van der Waals surface area contributed by atoms with Crippen molar-refractivity contribution in [3.8, 4) is 23.5 Å². The number of non-ortho nitro benzene ring substituents is 1. The molecule has 0 radical (unpaired) electrons. The summed E-state index contributed by atoms with van der Waals surface area (Å²) in [6.45, 7) is 3.51. The number of aromatic nitrogens is 6. The maximum absolute atomic E-state index is 10.6. The molecule has 0 fully saturated rings. The Morgan fingerprint density at radius 3 is 1.84 bits per heavy atom. The molecule has 0 saturated carbocycles. The number of hydrogen-bond donors (Lipinski definition) is 1. The number of nitro benzene ring substituents is 1. The van der Waals surface area contributed by atoms with Gasteiger partial charge in [-0.05, 0) is 38.1 Å². The van der Waals surface area contributed by atoms with Gasteiger partial charge in [-0.3, -0.25) is 10.1 Å². The van der Waals surface area contributed by atoms with Crippen molar-refractivity contribution in [1.29, 1.82) is 10.5 Å². The van der Waals surface area contributed by atoms with E-state index in [0.717, 1.165) is 0 Å². The fourth-order valence-corrected chi connectivity index (χ4v) is 2.69. The van der Waals surface area contributed by atoms with Gasteiger partial charge >= 0.3 is 0 Å². The Labute approximate surface area is 182 Å². The zero-order chi connectivity index (χ0) is 23.3. The predicted molar refractivity (Wildman–Crippen MR) is 113 cm³/mol. The van der Waals surface area contributed by atoms with E-state index in [4.69, 9.17) is 16.3 Å². The summed E-state index contributed by atoms with van der Waals surface area (Å²) in [5, 5.41) is 36.7. The number of benzene rings is 2. The fraction of sp³-hybridized carbons (Fsp3) is 0.100. The average Bonchev–Trinajstić information content (AvgIpc) is 3.41. The lowest BCUT2D eigenvalue weighted by molar-refractivity contribution is -0.384. The Bertz CT molecular complexity index is 1370. The zero-order valence-electron chi connectivity index (χ0n) is 17.0. The second-order valence-corrected chi connectivity index (χ2v) is 6.43. The first-order valence-electron chi connectivity index (χ1n) is 9.08. The Balaban J connectivity index is 0.000000182. The zero-order valence-corrected chi connectivity index (χ0v) is 17.0. The first-order chi connectivity index (χ1) is 15.3. The van der Waals surface area contributed by atoms with Crippen LogP contribution in [0.25, 0.3) is 11.4 Å². The van der Waals surface area contributed by atoms with E-state index >= 15 is 0 Å². The van der Waals surface area contributed by atoms with E-state index in [9.17, 15) is 10.1 Å². The van der Waals surface area contributed by atoms with E-state index in [1.165, 1.54) is 29.2 Å². The molecule has 0 unspecified atom stereocenters. The standard InChI is InChI=1S/C10H7N5O2.C10H9N5/c1-7-12-6-14(13-7)10-3-2-9(15(16)17)4-8(10)5-11;1-7-13-6-15(14-7)10-3-2-9(12)4-8(10)5-11/h2-4,6H,1H3;2-4,6H,12H2,1H3. The van der Waals surface area contributed by atoms with Gasteiger partial charge < -0.3 is 5.73 Å². The number of nitro groups is 1. The summed E-state index contributed by atoms with van der Waals surface area (Å²) in [5.74, 6) is 1.22. The molecule has 0 spiro atoms. The van der Waals surface area contributed by atoms with Crippen molar-refractivity contribution in [1.82, 2.24) is 29.5 Å². The third-order valence-electron chi connectivity index (χ3n) is 4.16. The molecule has 12 heteroatoms. The largest absolute Gasteiger partial charge is 0.399 e. The lowest BCUT2D eigenvalue weighted by Gasteiger charge is -2.03. The smallest absolute Gasteiger partial charge is 0.270 e. The molecule has 2 aromatic carbocycles. The first kappa shape index (κ1) is 21.6. The van der Waals surface area contributed by atoms with Gasteiger partial charge in [-0.2, -0.15) is 20.7 Å². The van der Waals surface area contributed by atoms with Gasteiger partial charge in [-0.1, -0.05) is 0 Å². The molecule has 32 heavy (non-hydrogen) atoms. The average molecular weight is 428 g/mol. The van der Waals surface area contributed by atoms with Crippen molar-refractivity contribution in [3.63, 3.8) is 0 Å². The van der Waals surface area contributed by atoms with Crippen LogP contribution in [0.5, 0.6) is 0 Å². The van der Waals surface area contributed by atoms with Crippen LogP contribution in [0.15, 0.2) is 49.1 Å². The lowest BCUT2D eigenvalue weighted by atomic mass is 10.2. The molecular formula is C20H16N10O2. The number of nitrogens with zero attached hydrogens (tertiary/aromatic N) is 9. The maximum atomic E-state index is 10.6. The first-order valence-corrected chi connectivity index (χ1v) is 9.08. The van der Waals surface area contributed by atoms with Gasteiger partial charge in [-0.15, -0.1) is 0 Å². The molecule has 0 saturated heterocycles. The van der Waals surface area contributed by atoms with Crippen molar-refractivity contribution in [3.05, 3.63) is 81.9 Å². The van der Waals surface area contributed by atoms with E-state index < -0.39 is 4.92 Å². The van der Waals surface area contributed by atoms with Crippen molar-refractivity contribution in [2.45, 2.75) is 13.8 Å². The third kappa shape index (κ3) is 4.72. The second kappa shape index (κ2) is 9.15. The van der Waals surface area contributed by atoms with Gasteiger partial charge in [0.25, 0.3) is 5.69 Å². The molecule has 2 heterocycles. The number of aryl methyl sites for hydroxylation is 2. The molecule has 12 nitrogen and oxygen atoms in total. The number of nitrogens with two attached hydrogens (primary N) is 1. The maximum Gasteiger partial charge on any atom is 0.270 e. The van der Waals surface area contributed by atoms with Crippen LogP contribution < -0.4 is 5.73 Å². The van der Waals surface area contributed by atoms with Gasteiger partial charge in [0.1, 0.15) is 36.4 Å². The van der Waals surface area contributed by atoms with Crippen LogP contribution >= 0.6 is 0 Å². The van der Waals surface area contributed by atoms with Crippen molar-refractivity contribution in [2.75, 3.05) is 5.73 Å². The number of nitriles is 2. The van der Waals surface area contributed by atoms with Crippen molar-refractivity contribution in [2.24, 2.45) is 0 Å². The second-order valence-electron chi connectivity index (χ2n) is 6.43. The summed E-state index contributed by atoms with van der Waals surface area (Å²) < 4.78 is 2.98. The van der Waals surface area contributed by atoms with Gasteiger partial charge in [0.15, 0.2) is 0 Å². The summed E-state index contributed by atoms with van der Waals surface area (Å²) in [6.07, 6.45) is 3.03. The van der Waals surface area contributed by atoms with Gasteiger partial charge in [0, 0.05) is 17.8 Å². The van der Waals surface area contributed by atoms with Crippen LogP contribution in [-0.4, -0.2) is 34.5 Å². The van der Waals surface area contributed by atoms with E-state index in [1.54, 1.807) is 43.1 Å². The fourth-order valence-electron chi connectivity index (χ4n) is 2.69. The number of nitrogen functional groups attached to an aromatic ring is 1. The van der Waals surface area contributed by atoms with Crippen LogP contribution in [-0.2, 0) is 0 Å². The molecule has 4 aromatic rings. The molecule has 0 amide bonds. The summed E-state index contributed by atoms with van der Waals surface area (Å²) in [6, 6.07) is 13.1. The summed E-state index contributed by atoms with van der Waals surface area (Å²) in [4.78, 5) is 18.0. The molecule has 0 aliphatic heterocycles. The van der Waals surface area contributed by atoms with Crippen molar-refractivity contribution < 1.29 is 4.92 Å². The third-order valence-corrected chi connectivity index (χ3v) is 4.16. The van der Waals surface area contributed by atoms with E-state index in [1.807, 2.05) is 6.07 Å². The van der Waals surface area contributed by atoms with Gasteiger partial charge in [0.05, 0.1) is 27.4 Å². The molecule has 0 bridgehead atoms. The van der Waals surface area contributed by atoms with Gasteiger partial charge in [-0.25, -0.2) is 19.3 Å². The number of hydrogen-bond acceptors (Lipinski definition) is 9. The van der Waals surface area contributed by atoms with E-state index in [-0.39, 0.29) is 11.3 Å². The Hall–Kier alpha value is -5.10. The molecule has 0 aliphatic carbocycles. The molecule has 0 aliphatic rings. The number of anilines is 1. The molecular weight excluding hydrogens is 412 g/mol. The summed E-state index contributed by atoms with van der Waals surface area (Å²) >= 11 is 0. The van der Waals surface area contributed by atoms with Crippen LogP contribution in [0.2, 0.25) is 0 Å². The van der Waals surface area contributed by atoms with Crippen LogP contribution in [0.1, 0.15) is 22.8 Å². The van der Waals surface area contributed by atoms with E-state index in [2.05, 4.69) is 26.2 Å². The SMILES string of the molecule is Cc1ncn(-c2ccc(N)cc2C#N)n1.Cc1ncn(-c2ccc([N+](=O)[O-])cc2C#N)n1. The van der Waals surface area contributed by atoms with Crippen LogP contribution in [0, 0.1) is 46.6 Å². The quantitative estimate of drug-likeness (QED) is 0.291. The minimum atomic E-state index is -0.544. The highest BCUT2D eigenvalue weighted by Crippen LogP contribution is 2.20. The number of rotatable bonds is 3. The minimum absolute atomic E-state index is 0.123. The Morgan fingerprint density at radius 2 is 1.41 bits per heavy atom. The Kier molecular flexibility index (Phi) is 6.18. The summed E-state index contributed by atoms with van der Waals surface area (Å²) in [7, 11) is 0. The molecule has 2 aromatic heterocycles.